The van der Waals surface area contributed by atoms with Gasteiger partial charge in [-0.1, -0.05) is 30.3 Å². The molecule has 3 nitrogen and oxygen atoms in total. The smallest absolute Gasteiger partial charge is 0.399 e. The average Bonchev–Trinajstić information content (AvgIpc) is 2.94. The number of anilines is 2. The van der Waals surface area contributed by atoms with E-state index < -0.39 is 17.9 Å². The standard InChI is InChI=1S/C16H14F3N3/c17-16(18,19)15-10-14(11-4-2-1-3-5-11)22(21-15)13-8-6-12(20)7-9-13/h1-9,14H,10,20H2. The van der Waals surface area contributed by atoms with Crippen LogP contribution in [0.3, 0.4) is 0 Å². The van der Waals surface area contributed by atoms with Gasteiger partial charge in [-0.25, -0.2) is 0 Å². The predicted octanol–water partition coefficient (Wildman–Crippen LogP) is 4.14. The molecule has 1 atom stereocenters. The minimum atomic E-state index is -4.42. The quantitative estimate of drug-likeness (QED) is 0.847. The van der Waals surface area contributed by atoms with E-state index in [2.05, 4.69) is 5.10 Å². The molecular formula is C16H14F3N3. The summed E-state index contributed by atoms with van der Waals surface area (Å²) in [5.74, 6) is 0. The Balaban J connectivity index is 2.01. The third kappa shape index (κ3) is 2.77. The van der Waals surface area contributed by atoms with Gasteiger partial charge in [-0.15, -0.1) is 0 Å². The number of rotatable bonds is 2. The molecule has 114 valence electrons. The van der Waals surface area contributed by atoms with E-state index in [0.717, 1.165) is 5.56 Å². The predicted molar refractivity (Wildman–Crippen MR) is 80.6 cm³/mol. The Morgan fingerprint density at radius 2 is 1.64 bits per heavy atom. The molecular weight excluding hydrogens is 291 g/mol. The van der Waals surface area contributed by atoms with Crippen molar-refractivity contribution in [2.45, 2.75) is 18.6 Å². The molecule has 0 radical (unpaired) electrons. The summed E-state index contributed by atoms with van der Waals surface area (Å²) in [5.41, 5.74) is 6.80. The van der Waals surface area contributed by atoms with Gasteiger partial charge < -0.3 is 5.73 Å². The van der Waals surface area contributed by atoms with Crippen LogP contribution in [-0.4, -0.2) is 11.9 Å². The zero-order valence-corrected chi connectivity index (χ0v) is 11.6. The molecule has 2 aromatic rings. The highest BCUT2D eigenvalue weighted by Crippen LogP contribution is 2.39. The van der Waals surface area contributed by atoms with E-state index in [1.165, 1.54) is 5.01 Å². The van der Waals surface area contributed by atoms with Crippen LogP contribution in [0.1, 0.15) is 18.0 Å². The molecule has 0 spiro atoms. The Bertz CT molecular complexity index is 678. The van der Waals surface area contributed by atoms with Crippen molar-refractivity contribution in [1.82, 2.24) is 0 Å². The average molecular weight is 305 g/mol. The molecule has 1 aliphatic rings. The molecule has 0 bridgehead atoms. The zero-order chi connectivity index (χ0) is 15.7. The second-order valence-corrected chi connectivity index (χ2v) is 5.11. The van der Waals surface area contributed by atoms with Gasteiger partial charge in [0, 0.05) is 12.1 Å². The molecule has 2 aromatic carbocycles. The molecule has 0 saturated heterocycles. The Morgan fingerprint density at radius 3 is 2.23 bits per heavy atom. The lowest BCUT2D eigenvalue weighted by Gasteiger charge is -2.24. The molecule has 2 N–H and O–H groups in total. The molecule has 3 rings (SSSR count). The van der Waals surface area contributed by atoms with E-state index in [-0.39, 0.29) is 6.42 Å². The molecule has 1 unspecified atom stereocenters. The number of benzene rings is 2. The van der Waals surface area contributed by atoms with Gasteiger partial charge in [-0.2, -0.15) is 18.3 Å². The van der Waals surface area contributed by atoms with Crippen molar-refractivity contribution in [3.8, 4) is 0 Å². The van der Waals surface area contributed by atoms with Gasteiger partial charge in [0.15, 0.2) is 0 Å². The van der Waals surface area contributed by atoms with Crippen molar-refractivity contribution in [1.29, 1.82) is 0 Å². The topological polar surface area (TPSA) is 41.6 Å². The lowest BCUT2D eigenvalue weighted by Crippen LogP contribution is -2.21. The molecule has 0 aliphatic carbocycles. The summed E-state index contributed by atoms with van der Waals surface area (Å²) >= 11 is 0. The van der Waals surface area contributed by atoms with Gasteiger partial charge in [-0.05, 0) is 29.8 Å². The fourth-order valence-corrected chi connectivity index (χ4v) is 2.48. The summed E-state index contributed by atoms with van der Waals surface area (Å²) in [6.07, 6.45) is -4.59. The zero-order valence-electron chi connectivity index (χ0n) is 11.6. The molecule has 0 fully saturated rings. The highest BCUT2D eigenvalue weighted by Gasteiger charge is 2.43. The van der Waals surface area contributed by atoms with Crippen molar-refractivity contribution in [2.75, 3.05) is 10.7 Å². The molecule has 22 heavy (non-hydrogen) atoms. The number of nitrogens with zero attached hydrogens (tertiary/aromatic N) is 2. The maximum Gasteiger partial charge on any atom is 0.431 e. The van der Waals surface area contributed by atoms with E-state index >= 15 is 0 Å². The number of alkyl halides is 3. The highest BCUT2D eigenvalue weighted by atomic mass is 19.4. The maximum atomic E-state index is 13.0. The second kappa shape index (κ2) is 5.36. The first-order valence-electron chi connectivity index (χ1n) is 6.79. The van der Waals surface area contributed by atoms with Crippen LogP contribution in [0.2, 0.25) is 0 Å². The van der Waals surface area contributed by atoms with Crippen molar-refractivity contribution in [3.05, 3.63) is 60.2 Å². The van der Waals surface area contributed by atoms with E-state index in [4.69, 9.17) is 5.73 Å². The fourth-order valence-electron chi connectivity index (χ4n) is 2.48. The summed E-state index contributed by atoms with van der Waals surface area (Å²) in [6, 6.07) is 15.2. The summed E-state index contributed by atoms with van der Waals surface area (Å²) < 4.78 is 39.1. The van der Waals surface area contributed by atoms with Gasteiger partial charge in [0.2, 0.25) is 0 Å². The number of hydrogen-bond acceptors (Lipinski definition) is 3. The Morgan fingerprint density at radius 1 is 1.00 bits per heavy atom. The van der Waals surface area contributed by atoms with E-state index in [0.29, 0.717) is 11.4 Å². The normalized spacial score (nSPS) is 18.4. The van der Waals surface area contributed by atoms with Gasteiger partial charge in [0.25, 0.3) is 0 Å². The first-order valence-corrected chi connectivity index (χ1v) is 6.79. The van der Waals surface area contributed by atoms with E-state index in [9.17, 15) is 13.2 Å². The SMILES string of the molecule is Nc1ccc(N2N=C(C(F)(F)F)CC2c2ccccc2)cc1. The van der Waals surface area contributed by atoms with Crippen molar-refractivity contribution >= 4 is 17.1 Å². The highest BCUT2D eigenvalue weighted by molar-refractivity contribution is 5.93. The van der Waals surface area contributed by atoms with Crippen LogP contribution >= 0.6 is 0 Å². The fraction of sp³-hybridized carbons (Fsp3) is 0.188. The first-order chi connectivity index (χ1) is 10.4. The summed E-state index contributed by atoms with van der Waals surface area (Å²) in [4.78, 5) is 0. The Labute approximate surface area is 125 Å². The van der Waals surface area contributed by atoms with Crippen LogP contribution in [0.4, 0.5) is 24.5 Å². The van der Waals surface area contributed by atoms with Gasteiger partial charge >= 0.3 is 6.18 Å². The Kier molecular flexibility index (Phi) is 3.52. The third-order valence-electron chi connectivity index (χ3n) is 3.58. The second-order valence-electron chi connectivity index (χ2n) is 5.11. The van der Waals surface area contributed by atoms with E-state index in [1.807, 2.05) is 30.3 Å². The Hall–Kier alpha value is -2.50. The molecule has 0 saturated carbocycles. The molecule has 0 aromatic heterocycles. The van der Waals surface area contributed by atoms with Crippen molar-refractivity contribution in [2.24, 2.45) is 5.10 Å². The molecule has 6 heteroatoms. The van der Waals surface area contributed by atoms with E-state index in [1.54, 1.807) is 24.3 Å². The van der Waals surface area contributed by atoms with Gasteiger partial charge in [0.1, 0.15) is 5.71 Å². The van der Waals surface area contributed by atoms with Gasteiger partial charge in [0.05, 0.1) is 11.7 Å². The van der Waals surface area contributed by atoms with Crippen LogP contribution in [0, 0.1) is 0 Å². The summed E-state index contributed by atoms with van der Waals surface area (Å²) in [5, 5.41) is 5.22. The minimum absolute atomic E-state index is 0.169. The largest absolute Gasteiger partial charge is 0.431 e. The van der Waals surface area contributed by atoms with Gasteiger partial charge in [-0.3, -0.25) is 5.01 Å². The number of hydrogen-bond donors (Lipinski definition) is 1. The van der Waals surface area contributed by atoms with Crippen LogP contribution in [0.25, 0.3) is 0 Å². The lowest BCUT2D eigenvalue weighted by atomic mass is 10.0. The number of hydrazone groups is 1. The number of nitrogen functional groups attached to an aromatic ring is 1. The monoisotopic (exact) mass is 305 g/mol. The number of halogens is 3. The molecule has 1 heterocycles. The van der Waals surface area contributed by atoms with Crippen molar-refractivity contribution < 1.29 is 13.2 Å². The van der Waals surface area contributed by atoms with Crippen LogP contribution in [0.15, 0.2) is 59.7 Å². The first kappa shape index (κ1) is 14.4. The molecule has 1 aliphatic heterocycles. The van der Waals surface area contributed by atoms with Crippen LogP contribution in [0.5, 0.6) is 0 Å². The maximum absolute atomic E-state index is 13.0. The minimum Gasteiger partial charge on any atom is -0.399 e. The summed E-state index contributed by atoms with van der Waals surface area (Å²) in [7, 11) is 0. The lowest BCUT2D eigenvalue weighted by molar-refractivity contribution is -0.0600. The summed E-state index contributed by atoms with van der Waals surface area (Å²) in [6.45, 7) is 0. The number of nitrogens with two attached hydrogens (primary N) is 1. The van der Waals surface area contributed by atoms with Crippen LogP contribution in [-0.2, 0) is 0 Å². The van der Waals surface area contributed by atoms with Crippen molar-refractivity contribution in [3.63, 3.8) is 0 Å². The third-order valence-corrected chi connectivity index (χ3v) is 3.58. The molecule has 0 amide bonds. The van der Waals surface area contributed by atoms with Crippen LogP contribution < -0.4 is 10.7 Å².